The zero-order valence-corrected chi connectivity index (χ0v) is 9.65. The van der Waals surface area contributed by atoms with Crippen LogP contribution in [0.15, 0.2) is 0 Å². The summed E-state index contributed by atoms with van der Waals surface area (Å²) in [6.45, 7) is 1.80. The number of carbonyl (C=O) groups is 3. The van der Waals surface area contributed by atoms with E-state index in [0.717, 1.165) is 7.11 Å². The molecule has 0 unspecified atom stereocenters. The van der Waals surface area contributed by atoms with Crippen molar-refractivity contribution in [1.29, 1.82) is 0 Å². The van der Waals surface area contributed by atoms with Gasteiger partial charge < -0.3 is 14.2 Å². The van der Waals surface area contributed by atoms with Crippen LogP contribution in [0.1, 0.15) is 26.2 Å². The van der Waals surface area contributed by atoms with Crippen LogP contribution in [0.25, 0.3) is 0 Å². The van der Waals surface area contributed by atoms with Crippen molar-refractivity contribution in [1.82, 2.24) is 0 Å². The summed E-state index contributed by atoms with van der Waals surface area (Å²) in [5.74, 6) is -1.95. The average Bonchev–Trinajstić information content (AvgIpc) is 2.27. The summed E-state index contributed by atoms with van der Waals surface area (Å²) in [7, 11) is 2.34. The summed E-state index contributed by atoms with van der Waals surface area (Å²) < 4.78 is 13.6. The molecule has 0 N–H and O–H groups in total. The van der Waals surface area contributed by atoms with Gasteiger partial charge in [0.1, 0.15) is 0 Å². The number of hydrogen-bond donors (Lipinski definition) is 0. The van der Waals surface area contributed by atoms with E-state index in [0.29, 0.717) is 6.42 Å². The van der Waals surface area contributed by atoms with Crippen molar-refractivity contribution >= 4 is 17.9 Å². The third-order valence-electron chi connectivity index (χ3n) is 1.77. The Bertz CT molecular complexity index is 260. The fourth-order valence-electron chi connectivity index (χ4n) is 0.961. The molecule has 1 atom stereocenters. The van der Waals surface area contributed by atoms with Crippen LogP contribution >= 0.6 is 0 Å². The van der Waals surface area contributed by atoms with Crippen LogP contribution in [-0.2, 0) is 28.6 Å². The van der Waals surface area contributed by atoms with Crippen molar-refractivity contribution in [3.63, 3.8) is 0 Å². The van der Waals surface area contributed by atoms with Gasteiger partial charge in [0.25, 0.3) is 0 Å². The maximum absolute atomic E-state index is 11.2. The normalized spacial score (nSPS) is 11.4. The molecule has 0 rings (SSSR count). The third kappa shape index (κ3) is 5.33. The Labute approximate surface area is 93.8 Å². The van der Waals surface area contributed by atoms with Crippen LogP contribution < -0.4 is 0 Å². The fraction of sp³-hybridized carbons (Fsp3) is 0.700. The Balaban J connectivity index is 4.37. The minimum Gasteiger partial charge on any atom is -0.469 e. The highest BCUT2D eigenvalue weighted by Crippen LogP contribution is 2.05. The second kappa shape index (κ2) is 7.67. The van der Waals surface area contributed by atoms with E-state index in [-0.39, 0.29) is 12.8 Å². The van der Waals surface area contributed by atoms with E-state index in [9.17, 15) is 14.4 Å². The number of hydrogen-bond acceptors (Lipinski definition) is 6. The Morgan fingerprint density at radius 3 is 2.12 bits per heavy atom. The van der Waals surface area contributed by atoms with Crippen LogP contribution in [0.3, 0.4) is 0 Å². The second-order valence-electron chi connectivity index (χ2n) is 3.03. The zero-order chi connectivity index (χ0) is 12.6. The number of methoxy groups -OCH3 is 2. The van der Waals surface area contributed by atoms with Gasteiger partial charge in [0.15, 0.2) is 0 Å². The largest absolute Gasteiger partial charge is 0.469 e. The smallest absolute Gasteiger partial charge is 0.347 e. The molecular weight excluding hydrogens is 216 g/mol. The first-order valence-electron chi connectivity index (χ1n) is 4.89. The van der Waals surface area contributed by atoms with Crippen LogP contribution in [0.2, 0.25) is 0 Å². The lowest BCUT2D eigenvalue weighted by molar-refractivity contribution is -0.169. The summed E-state index contributed by atoms with van der Waals surface area (Å²) in [5.41, 5.74) is 0. The fourth-order valence-corrected chi connectivity index (χ4v) is 0.961. The maximum atomic E-state index is 11.2. The molecule has 0 aliphatic carbocycles. The first-order chi connectivity index (χ1) is 7.54. The summed E-state index contributed by atoms with van der Waals surface area (Å²) in [6, 6.07) is 0. The molecule has 6 heteroatoms. The van der Waals surface area contributed by atoms with Gasteiger partial charge in [-0.25, -0.2) is 4.79 Å². The van der Waals surface area contributed by atoms with Gasteiger partial charge in [0.05, 0.1) is 20.6 Å². The summed E-state index contributed by atoms with van der Waals surface area (Å²) in [5, 5.41) is 0. The summed E-state index contributed by atoms with van der Waals surface area (Å²) >= 11 is 0. The number of rotatable bonds is 6. The predicted molar refractivity (Wildman–Crippen MR) is 53.4 cm³/mol. The molecule has 92 valence electrons. The second-order valence-corrected chi connectivity index (χ2v) is 3.03. The number of ether oxygens (including phenoxy) is 3. The molecule has 6 nitrogen and oxygen atoms in total. The topological polar surface area (TPSA) is 78.9 Å². The highest BCUT2D eigenvalue weighted by Gasteiger charge is 2.26. The monoisotopic (exact) mass is 232 g/mol. The van der Waals surface area contributed by atoms with Crippen molar-refractivity contribution < 1.29 is 28.6 Å². The van der Waals surface area contributed by atoms with Gasteiger partial charge >= 0.3 is 17.9 Å². The molecule has 0 aromatic heterocycles. The van der Waals surface area contributed by atoms with E-state index in [1.807, 2.05) is 0 Å². The van der Waals surface area contributed by atoms with Crippen LogP contribution in [0.4, 0.5) is 0 Å². The Kier molecular flexibility index (Phi) is 6.91. The van der Waals surface area contributed by atoms with Crippen molar-refractivity contribution in [2.24, 2.45) is 0 Å². The molecule has 0 aromatic rings. The lowest BCUT2D eigenvalue weighted by atomic mass is 10.2. The lowest BCUT2D eigenvalue weighted by Gasteiger charge is -2.14. The standard InChI is InChI=1S/C10H16O6/c1-4-5-8(11)16-7(10(13)15-3)6-9(12)14-2/h7H,4-6H2,1-3H3/t7-/m0/s1. The van der Waals surface area contributed by atoms with Gasteiger partial charge in [-0.1, -0.05) is 6.92 Å². The van der Waals surface area contributed by atoms with Crippen molar-refractivity contribution in [2.75, 3.05) is 14.2 Å². The van der Waals surface area contributed by atoms with Gasteiger partial charge in [-0.05, 0) is 6.42 Å². The first-order valence-corrected chi connectivity index (χ1v) is 4.89. The molecule has 0 saturated carbocycles. The zero-order valence-electron chi connectivity index (χ0n) is 9.65. The molecule has 0 aliphatic rings. The van der Waals surface area contributed by atoms with Gasteiger partial charge in [-0.3, -0.25) is 9.59 Å². The minimum absolute atomic E-state index is 0.189. The average molecular weight is 232 g/mol. The molecular formula is C10H16O6. The molecule has 0 spiro atoms. The molecule has 0 bridgehead atoms. The van der Waals surface area contributed by atoms with E-state index < -0.39 is 24.0 Å². The Hall–Kier alpha value is -1.59. The lowest BCUT2D eigenvalue weighted by Crippen LogP contribution is -2.31. The Morgan fingerprint density at radius 1 is 1.06 bits per heavy atom. The van der Waals surface area contributed by atoms with Crippen LogP contribution in [-0.4, -0.2) is 38.2 Å². The van der Waals surface area contributed by atoms with Crippen molar-refractivity contribution in [2.45, 2.75) is 32.3 Å². The van der Waals surface area contributed by atoms with E-state index in [2.05, 4.69) is 9.47 Å². The number of esters is 3. The molecule has 0 heterocycles. The van der Waals surface area contributed by atoms with Gasteiger partial charge in [-0.15, -0.1) is 0 Å². The van der Waals surface area contributed by atoms with Crippen molar-refractivity contribution in [3.05, 3.63) is 0 Å². The first kappa shape index (κ1) is 14.4. The van der Waals surface area contributed by atoms with Gasteiger partial charge in [-0.2, -0.15) is 0 Å². The molecule has 0 fully saturated rings. The highest BCUT2D eigenvalue weighted by atomic mass is 16.6. The van der Waals surface area contributed by atoms with E-state index in [1.54, 1.807) is 6.92 Å². The van der Waals surface area contributed by atoms with Crippen LogP contribution in [0.5, 0.6) is 0 Å². The van der Waals surface area contributed by atoms with Crippen molar-refractivity contribution in [3.8, 4) is 0 Å². The summed E-state index contributed by atoms with van der Waals surface area (Å²) in [6.07, 6.45) is -0.769. The molecule has 0 aliphatic heterocycles. The van der Waals surface area contributed by atoms with E-state index in [1.165, 1.54) is 7.11 Å². The predicted octanol–water partition coefficient (Wildman–Crippen LogP) is 0.434. The third-order valence-corrected chi connectivity index (χ3v) is 1.77. The van der Waals surface area contributed by atoms with E-state index in [4.69, 9.17) is 4.74 Å². The highest BCUT2D eigenvalue weighted by molar-refractivity contribution is 5.84. The molecule has 0 amide bonds. The summed E-state index contributed by atoms with van der Waals surface area (Å²) in [4.78, 5) is 33.3. The number of carbonyl (C=O) groups excluding carboxylic acids is 3. The van der Waals surface area contributed by atoms with Crippen LogP contribution in [0, 0.1) is 0 Å². The maximum Gasteiger partial charge on any atom is 0.347 e. The van der Waals surface area contributed by atoms with Gasteiger partial charge in [0, 0.05) is 6.42 Å². The molecule has 16 heavy (non-hydrogen) atoms. The molecule has 0 saturated heterocycles. The van der Waals surface area contributed by atoms with E-state index >= 15 is 0 Å². The minimum atomic E-state index is -1.23. The molecule has 0 aromatic carbocycles. The quantitative estimate of drug-likeness (QED) is 0.488. The Morgan fingerprint density at radius 2 is 1.69 bits per heavy atom. The van der Waals surface area contributed by atoms with Gasteiger partial charge in [0.2, 0.25) is 6.10 Å². The molecule has 0 radical (unpaired) electrons. The SMILES string of the molecule is CCCC(=O)O[C@@H](CC(=O)OC)C(=O)OC.